The maximum atomic E-state index is 12.0. The molecular weight excluding hydrogens is 262 g/mol. The monoisotopic (exact) mass is 283 g/mol. The van der Waals surface area contributed by atoms with Crippen LogP contribution in [-0.4, -0.2) is 25.0 Å². The Hall–Kier alpha value is -0.980. The molecule has 0 aliphatic heterocycles. The van der Waals surface area contributed by atoms with Gasteiger partial charge in [-0.3, -0.25) is 0 Å². The number of hydrogen-bond acceptors (Lipinski definition) is 4. The fourth-order valence-electron chi connectivity index (χ4n) is 1.68. The van der Waals surface area contributed by atoms with Gasteiger partial charge in [0.1, 0.15) is 0 Å². The third kappa shape index (κ3) is 4.56. The summed E-state index contributed by atoms with van der Waals surface area (Å²) in [6.07, 6.45) is 4.08. The van der Waals surface area contributed by atoms with Crippen LogP contribution in [0.1, 0.15) is 39.2 Å². The SMILES string of the molecule is CC(C)(C)NS(=O)(=O)c1ccc(CNC2CC2)cn1. The van der Waals surface area contributed by atoms with Crippen molar-refractivity contribution in [2.75, 3.05) is 0 Å². The van der Waals surface area contributed by atoms with Crippen molar-refractivity contribution in [3.05, 3.63) is 23.9 Å². The molecule has 0 unspecified atom stereocenters. The second kappa shape index (κ2) is 5.19. The Kier molecular flexibility index (Phi) is 3.94. The van der Waals surface area contributed by atoms with Crippen LogP contribution in [0, 0.1) is 0 Å². The van der Waals surface area contributed by atoms with Gasteiger partial charge in [0.25, 0.3) is 10.0 Å². The van der Waals surface area contributed by atoms with E-state index in [-0.39, 0.29) is 5.03 Å². The lowest BCUT2D eigenvalue weighted by Gasteiger charge is -2.19. The molecule has 1 aliphatic carbocycles. The highest BCUT2D eigenvalue weighted by Crippen LogP contribution is 2.19. The summed E-state index contributed by atoms with van der Waals surface area (Å²) in [5, 5.41) is 3.43. The van der Waals surface area contributed by atoms with Gasteiger partial charge < -0.3 is 5.32 Å². The average molecular weight is 283 g/mol. The number of sulfonamides is 1. The van der Waals surface area contributed by atoms with Crippen LogP contribution in [0.5, 0.6) is 0 Å². The second-order valence-corrected chi connectivity index (χ2v) is 7.64. The van der Waals surface area contributed by atoms with Crippen LogP contribution in [0.3, 0.4) is 0 Å². The molecule has 1 aromatic rings. The van der Waals surface area contributed by atoms with Gasteiger partial charge in [-0.05, 0) is 45.2 Å². The first-order valence-corrected chi connectivity index (χ1v) is 7.97. The fourth-order valence-corrected chi connectivity index (χ4v) is 3.03. The van der Waals surface area contributed by atoms with Gasteiger partial charge in [-0.25, -0.2) is 18.1 Å². The Morgan fingerprint density at radius 1 is 1.32 bits per heavy atom. The summed E-state index contributed by atoms with van der Waals surface area (Å²) in [6, 6.07) is 3.99. The summed E-state index contributed by atoms with van der Waals surface area (Å²) in [5.74, 6) is 0. The minimum atomic E-state index is -3.54. The quantitative estimate of drug-likeness (QED) is 0.857. The van der Waals surface area contributed by atoms with Gasteiger partial charge in [-0.2, -0.15) is 0 Å². The van der Waals surface area contributed by atoms with Crippen LogP contribution < -0.4 is 10.0 Å². The standard InChI is InChI=1S/C13H21N3O2S/c1-13(2,3)16-19(17,18)12-7-4-10(9-15-12)8-14-11-5-6-11/h4,7,9,11,14,16H,5-6,8H2,1-3H3. The Balaban J connectivity index is 2.04. The van der Waals surface area contributed by atoms with Gasteiger partial charge >= 0.3 is 0 Å². The minimum absolute atomic E-state index is 0.0672. The largest absolute Gasteiger partial charge is 0.310 e. The van der Waals surface area contributed by atoms with Gasteiger partial charge in [0.15, 0.2) is 5.03 Å². The van der Waals surface area contributed by atoms with Crippen molar-refractivity contribution in [3.8, 4) is 0 Å². The second-order valence-electron chi connectivity index (χ2n) is 6.02. The first-order valence-electron chi connectivity index (χ1n) is 6.49. The van der Waals surface area contributed by atoms with Crippen molar-refractivity contribution in [2.24, 2.45) is 0 Å². The Labute approximate surface area is 114 Å². The van der Waals surface area contributed by atoms with E-state index in [1.807, 2.05) is 0 Å². The molecule has 1 aliphatic rings. The molecule has 1 heterocycles. The zero-order chi connectivity index (χ0) is 14.1. The number of pyridine rings is 1. The molecule has 0 atom stereocenters. The Morgan fingerprint density at radius 3 is 2.47 bits per heavy atom. The van der Waals surface area contributed by atoms with Crippen LogP contribution in [0.2, 0.25) is 0 Å². The molecule has 0 amide bonds. The number of nitrogens with one attached hydrogen (secondary N) is 2. The van der Waals surface area contributed by atoms with Gasteiger partial charge in [0.2, 0.25) is 0 Å². The first kappa shape index (κ1) is 14.4. The molecule has 19 heavy (non-hydrogen) atoms. The van der Waals surface area contributed by atoms with Crippen molar-refractivity contribution < 1.29 is 8.42 Å². The maximum absolute atomic E-state index is 12.0. The molecule has 106 valence electrons. The zero-order valence-electron chi connectivity index (χ0n) is 11.6. The van der Waals surface area contributed by atoms with E-state index in [4.69, 9.17) is 0 Å². The van der Waals surface area contributed by atoms with Gasteiger partial charge in [-0.1, -0.05) is 6.07 Å². The predicted octanol–water partition coefficient (Wildman–Crippen LogP) is 1.41. The minimum Gasteiger partial charge on any atom is -0.310 e. The van der Waals surface area contributed by atoms with Crippen molar-refractivity contribution in [1.82, 2.24) is 15.0 Å². The summed E-state index contributed by atoms with van der Waals surface area (Å²) in [5.41, 5.74) is 0.494. The molecule has 0 spiro atoms. The average Bonchev–Trinajstić information content (AvgIpc) is 3.07. The molecule has 1 fully saturated rings. The van der Waals surface area contributed by atoms with E-state index >= 15 is 0 Å². The molecule has 2 rings (SSSR count). The predicted molar refractivity (Wildman–Crippen MR) is 74.2 cm³/mol. The summed E-state index contributed by atoms with van der Waals surface area (Å²) >= 11 is 0. The molecule has 0 saturated heterocycles. The van der Waals surface area contributed by atoms with E-state index in [9.17, 15) is 8.42 Å². The molecule has 2 N–H and O–H groups in total. The van der Waals surface area contributed by atoms with Gasteiger partial charge in [0, 0.05) is 24.3 Å². The molecule has 0 aromatic carbocycles. The van der Waals surface area contributed by atoms with Gasteiger partial charge in [0.05, 0.1) is 0 Å². The van der Waals surface area contributed by atoms with Crippen molar-refractivity contribution in [2.45, 2.75) is 56.8 Å². The molecule has 1 aromatic heterocycles. The first-order chi connectivity index (χ1) is 8.76. The lowest BCUT2D eigenvalue weighted by Crippen LogP contribution is -2.40. The smallest absolute Gasteiger partial charge is 0.258 e. The van der Waals surface area contributed by atoms with Crippen LogP contribution in [0.15, 0.2) is 23.4 Å². The highest BCUT2D eigenvalue weighted by Gasteiger charge is 2.23. The van der Waals surface area contributed by atoms with E-state index < -0.39 is 15.6 Å². The van der Waals surface area contributed by atoms with Gasteiger partial charge in [-0.15, -0.1) is 0 Å². The van der Waals surface area contributed by atoms with E-state index in [1.165, 1.54) is 12.8 Å². The summed E-state index contributed by atoms with van der Waals surface area (Å²) in [6.45, 7) is 6.15. The number of hydrogen-bond donors (Lipinski definition) is 2. The van der Waals surface area contributed by atoms with Crippen LogP contribution in [-0.2, 0) is 16.6 Å². The maximum Gasteiger partial charge on any atom is 0.258 e. The third-order valence-corrected chi connectivity index (χ3v) is 4.36. The molecule has 1 saturated carbocycles. The zero-order valence-corrected chi connectivity index (χ0v) is 12.4. The van der Waals surface area contributed by atoms with Crippen molar-refractivity contribution in [1.29, 1.82) is 0 Å². The highest BCUT2D eigenvalue weighted by molar-refractivity contribution is 7.89. The lowest BCUT2D eigenvalue weighted by molar-refractivity contribution is 0.489. The third-order valence-electron chi connectivity index (χ3n) is 2.69. The molecule has 5 nitrogen and oxygen atoms in total. The van der Waals surface area contributed by atoms with Crippen LogP contribution >= 0.6 is 0 Å². The van der Waals surface area contributed by atoms with Crippen molar-refractivity contribution in [3.63, 3.8) is 0 Å². The van der Waals surface area contributed by atoms with Crippen molar-refractivity contribution >= 4 is 10.0 Å². The molecule has 6 heteroatoms. The van der Waals surface area contributed by atoms with E-state index in [2.05, 4.69) is 15.0 Å². The summed E-state index contributed by atoms with van der Waals surface area (Å²) in [7, 11) is -3.54. The highest BCUT2D eigenvalue weighted by atomic mass is 32.2. The van der Waals surface area contributed by atoms with E-state index in [1.54, 1.807) is 39.1 Å². The molecule has 0 bridgehead atoms. The fraction of sp³-hybridized carbons (Fsp3) is 0.615. The topological polar surface area (TPSA) is 71.1 Å². The Bertz CT molecular complexity index is 528. The van der Waals surface area contributed by atoms with E-state index in [0.29, 0.717) is 6.04 Å². The Morgan fingerprint density at radius 2 is 2.00 bits per heavy atom. The molecule has 0 radical (unpaired) electrons. The summed E-state index contributed by atoms with van der Waals surface area (Å²) in [4.78, 5) is 4.04. The summed E-state index contributed by atoms with van der Waals surface area (Å²) < 4.78 is 26.7. The normalized spacial score (nSPS) is 16.6. The number of aromatic nitrogens is 1. The number of rotatable bonds is 5. The lowest BCUT2D eigenvalue weighted by atomic mass is 10.1. The number of nitrogens with zero attached hydrogens (tertiary/aromatic N) is 1. The molecular formula is C13H21N3O2S. The van der Waals surface area contributed by atoms with Crippen LogP contribution in [0.4, 0.5) is 0 Å². The van der Waals surface area contributed by atoms with E-state index in [0.717, 1.165) is 12.1 Å². The van der Waals surface area contributed by atoms with Crippen LogP contribution in [0.25, 0.3) is 0 Å².